The number of carboxylic acid groups (broad SMARTS) is 1. The maximum Gasteiger partial charge on any atom is 0.328 e. The van der Waals surface area contributed by atoms with Gasteiger partial charge in [-0.25, -0.2) is 4.79 Å². The Morgan fingerprint density at radius 2 is 1.65 bits per heavy atom. The van der Waals surface area contributed by atoms with Gasteiger partial charge in [-0.3, -0.25) is 14.0 Å². The van der Waals surface area contributed by atoms with Gasteiger partial charge in [0.05, 0.1) is 11.5 Å². The van der Waals surface area contributed by atoms with E-state index in [0.29, 0.717) is 45.0 Å². The molecule has 2 saturated heterocycles. The van der Waals surface area contributed by atoms with E-state index < -0.39 is 16.6 Å². The zero-order valence-electron chi connectivity index (χ0n) is 31.2. The fraction of sp³-hybridized carbons (Fsp3) is 0.875. The highest BCUT2D eigenvalue weighted by Crippen LogP contribution is 2.76. The third-order valence-corrected chi connectivity index (χ3v) is 18.1. The summed E-state index contributed by atoms with van der Waals surface area (Å²) in [4.78, 5) is 16.2. The van der Waals surface area contributed by atoms with Gasteiger partial charge in [0.2, 0.25) is 0 Å². The Balaban J connectivity index is 1.16. The summed E-state index contributed by atoms with van der Waals surface area (Å²) < 4.78 is 20.0. The summed E-state index contributed by atoms with van der Waals surface area (Å²) in [6.07, 6.45) is 16.1. The monoisotopic (exact) mass is 688 g/mol. The van der Waals surface area contributed by atoms with Gasteiger partial charge in [-0.1, -0.05) is 39.0 Å². The molecule has 9 atom stereocenters. The number of allylic oxidation sites excluding steroid dienone is 1. The van der Waals surface area contributed by atoms with Gasteiger partial charge >= 0.3 is 5.97 Å². The van der Waals surface area contributed by atoms with Gasteiger partial charge < -0.3 is 15.3 Å². The molecule has 4 N–H and O–H groups in total. The van der Waals surface area contributed by atoms with Gasteiger partial charge in [-0.05, 0) is 156 Å². The van der Waals surface area contributed by atoms with Gasteiger partial charge in [0, 0.05) is 37.8 Å². The maximum atomic E-state index is 11.2. The Bertz CT molecular complexity index is 1240. The summed E-state index contributed by atoms with van der Waals surface area (Å²) in [6.45, 7) is 26.6. The van der Waals surface area contributed by atoms with Crippen LogP contribution in [0.2, 0.25) is 0 Å². The van der Waals surface area contributed by atoms with E-state index in [1.54, 1.807) is 0 Å². The van der Waals surface area contributed by atoms with Crippen LogP contribution in [0.5, 0.6) is 0 Å². The number of aliphatic carboxylic acids is 1. The molecule has 4 saturated carbocycles. The molecule has 2 heterocycles. The number of hydrogen-bond acceptors (Lipinski definition) is 6. The van der Waals surface area contributed by atoms with Crippen molar-refractivity contribution in [1.29, 1.82) is 0 Å². The number of fused-ring (bicyclic) bond motifs is 7. The van der Waals surface area contributed by atoms with Crippen molar-refractivity contribution in [2.45, 2.75) is 111 Å². The molecule has 0 bridgehead atoms. The molecular formula is C40H69N3O4S. The Labute approximate surface area is 294 Å². The van der Waals surface area contributed by atoms with Crippen molar-refractivity contribution >= 4 is 16.6 Å². The van der Waals surface area contributed by atoms with Crippen molar-refractivity contribution in [3.63, 3.8) is 0 Å². The lowest BCUT2D eigenvalue weighted by Gasteiger charge is -2.73. The van der Waals surface area contributed by atoms with E-state index in [1.807, 2.05) is 6.08 Å². The lowest BCUT2D eigenvalue weighted by atomic mass is 9.33. The molecule has 0 unspecified atom stereocenters. The number of carbonyl (C=O) groups is 1. The molecule has 2 aliphatic heterocycles. The zero-order chi connectivity index (χ0) is 34.8. The molecule has 7 nitrogen and oxygen atoms in total. The smallest absolute Gasteiger partial charge is 0.328 e. The Morgan fingerprint density at radius 1 is 0.917 bits per heavy atom. The number of nitrogens with one attached hydrogen (secondary N) is 1. The quantitative estimate of drug-likeness (QED) is 0.105. The molecule has 6 aliphatic rings. The van der Waals surface area contributed by atoms with Gasteiger partial charge in [-0.15, -0.1) is 0 Å². The first-order valence-corrected chi connectivity index (χ1v) is 21.3. The van der Waals surface area contributed by atoms with E-state index in [2.05, 4.69) is 63.2 Å². The van der Waals surface area contributed by atoms with E-state index in [9.17, 15) is 19.0 Å². The fourth-order valence-electron chi connectivity index (χ4n) is 13.7. The van der Waals surface area contributed by atoms with Crippen LogP contribution >= 0.6 is 10.6 Å². The predicted octanol–water partition coefficient (Wildman–Crippen LogP) is 8.00. The number of piperidine rings is 1. The summed E-state index contributed by atoms with van der Waals surface area (Å²) in [7, 11) is -2.32. The highest BCUT2D eigenvalue weighted by Gasteiger charge is 2.70. The molecule has 0 aromatic carbocycles. The minimum absolute atomic E-state index is 0.0517. The van der Waals surface area contributed by atoms with Crippen LogP contribution in [0, 0.1) is 51.2 Å². The zero-order valence-corrected chi connectivity index (χ0v) is 32.1. The van der Waals surface area contributed by atoms with Gasteiger partial charge in [0.15, 0.2) is 0 Å². The molecule has 4 aliphatic carbocycles. The van der Waals surface area contributed by atoms with Crippen LogP contribution in [0.25, 0.3) is 0 Å². The van der Waals surface area contributed by atoms with Crippen LogP contribution in [-0.2, 0) is 4.79 Å². The molecule has 8 heteroatoms. The second kappa shape index (κ2) is 13.3. The third kappa shape index (κ3) is 6.18. The molecule has 0 aromatic heterocycles. The third-order valence-electron chi connectivity index (χ3n) is 16.5. The minimum Gasteiger partial charge on any atom is -0.478 e. The molecule has 48 heavy (non-hydrogen) atoms. The standard InChI is InChI=1S/C40H69N3O4S/c1-29(2)30-13-16-40(28-41-20-9-21-42-24-26-48(46,47)27-25-42)18-17-38(6)31(35(30)40)11-12-33-37(5)19-23-43(22-8-10-34(44)45)36(3,4)32(37)14-15-39(33,38)7/h8,10,30-33,35,41,46-47H,1,9,11-28H2,2-7H3,(H,44,45)/b10-8+/t30-,31+,32-,33+,35+,37-,38+,39+,40+/m0/s1. The van der Waals surface area contributed by atoms with E-state index in [-0.39, 0.29) is 5.54 Å². The Kier molecular flexibility index (Phi) is 10.2. The summed E-state index contributed by atoms with van der Waals surface area (Å²) in [5.41, 5.74) is 2.82. The van der Waals surface area contributed by atoms with Gasteiger partial charge in [0.1, 0.15) is 0 Å². The molecular weight excluding hydrogens is 619 g/mol. The Hall–Kier alpha value is -0.900. The Morgan fingerprint density at radius 3 is 2.33 bits per heavy atom. The highest BCUT2D eigenvalue weighted by atomic mass is 32.3. The largest absolute Gasteiger partial charge is 0.478 e. The fourth-order valence-corrected chi connectivity index (χ4v) is 15.0. The molecule has 0 aromatic rings. The van der Waals surface area contributed by atoms with Crippen molar-refractivity contribution in [1.82, 2.24) is 15.1 Å². The first kappa shape index (κ1) is 36.9. The van der Waals surface area contributed by atoms with Gasteiger partial charge in [-0.2, -0.15) is 10.6 Å². The molecule has 0 amide bonds. The van der Waals surface area contributed by atoms with Crippen LogP contribution in [0.3, 0.4) is 0 Å². The lowest BCUT2D eigenvalue weighted by Crippen LogP contribution is -2.69. The SMILES string of the molecule is C=C(C)[C@@H]1CC[C@]2(CNCCCN3CCS(O)(O)CC3)CC[C@]3(C)[C@H](CC[C@@H]4[C@@]5(C)CCN(C/C=C/C(=O)O)C(C)(C)[C@@H]5CC[C@]43C)[C@@H]12. The van der Waals surface area contributed by atoms with Crippen LogP contribution in [-0.4, -0.2) is 92.8 Å². The van der Waals surface area contributed by atoms with E-state index >= 15 is 0 Å². The van der Waals surface area contributed by atoms with Crippen LogP contribution in [0.15, 0.2) is 24.3 Å². The second-order valence-corrected chi connectivity index (χ2v) is 21.1. The van der Waals surface area contributed by atoms with Crippen molar-refractivity contribution in [2.75, 3.05) is 57.3 Å². The molecule has 0 radical (unpaired) electrons. The van der Waals surface area contributed by atoms with Crippen LogP contribution < -0.4 is 5.32 Å². The maximum absolute atomic E-state index is 11.2. The highest BCUT2D eigenvalue weighted by molar-refractivity contribution is 8.24. The first-order valence-electron chi connectivity index (χ1n) is 19.5. The van der Waals surface area contributed by atoms with E-state index in [0.717, 1.165) is 70.0 Å². The summed E-state index contributed by atoms with van der Waals surface area (Å²) in [6, 6.07) is 0. The summed E-state index contributed by atoms with van der Waals surface area (Å²) >= 11 is 0. The normalized spacial score (nSPS) is 44.7. The van der Waals surface area contributed by atoms with Crippen molar-refractivity contribution < 1.29 is 19.0 Å². The van der Waals surface area contributed by atoms with Gasteiger partial charge in [0.25, 0.3) is 0 Å². The number of hydrogen-bond donors (Lipinski definition) is 4. The van der Waals surface area contributed by atoms with Crippen molar-refractivity contribution in [3.8, 4) is 0 Å². The van der Waals surface area contributed by atoms with Crippen molar-refractivity contribution in [3.05, 3.63) is 24.3 Å². The predicted molar refractivity (Wildman–Crippen MR) is 200 cm³/mol. The first-order chi connectivity index (χ1) is 22.5. The topological polar surface area (TPSA) is 96.3 Å². The number of carboxylic acids is 1. The second-order valence-electron chi connectivity index (χ2n) is 18.7. The molecule has 0 spiro atoms. The van der Waals surface area contributed by atoms with Crippen LogP contribution in [0.1, 0.15) is 106 Å². The average Bonchev–Trinajstić information content (AvgIpc) is 3.39. The molecule has 274 valence electrons. The molecule has 6 fully saturated rings. The number of rotatable bonds is 10. The lowest BCUT2D eigenvalue weighted by molar-refractivity contribution is -0.241. The summed E-state index contributed by atoms with van der Waals surface area (Å²) in [5, 5.41) is 13.2. The van der Waals surface area contributed by atoms with Crippen LogP contribution in [0.4, 0.5) is 0 Å². The van der Waals surface area contributed by atoms with E-state index in [4.69, 9.17) is 0 Å². The average molecular weight is 688 g/mol. The molecule has 6 rings (SSSR count). The van der Waals surface area contributed by atoms with E-state index in [1.165, 1.54) is 69.4 Å². The minimum atomic E-state index is -2.32. The number of nitrogens with zero attached hydrogens (tertiary/aromatic N) is 2. The number of likely N-dealkylation sites (tertiary alicyclic amines) is 1. The van der Waals surface area contributed by atoms with Crippen molar-refractivity contribution in [2.24, 2.45) is 51.2 Å². The summed E-state index contributed by atoms with van der Waals surface area (Å²) in [5.74, 6) is 3.68.